The molecule has 1 aromatic heterocycles. The third-order valence-corrected chi connectivity index (χ3v) is 5.78. The lowest BCUT2D eigenvalue weighted by Gasteiger charge is -2.09. The fourth-order valence-electron chi connectivity index (χ4n) is 4.40. The Morgan fingerprint density at radius 1 is 0.464 bits per heavy atom. The van der Waals surface area contributed by atoms with Gasteiger partial charge >= 0.3 is 0 Å². The van der Waals surface area contributed by atoms with Crippen molar-refractivity contribution in [3.63, 3.8) is 0 Å². The topological polar surface area (TPSA) is 4.93 Å². The van der Waals surface area contributed by atoms with Crippen LogP contribution >= 0.6 is 0 Å². The minimum Gasteiger partial charge on any atom is -0.336 e. The van der Waals surface area contributed by atoms with Crippen LogP contribution in [0.1, 0.15) is 5.56 Å². The van der Waals surface area contributed by atoms with Gasteiger partial charge in [0.05, 0.1) is 11.0 Å². The SMILES string of the molecule is c1ccc(Cn2c3cc4ccccc4cc3c3cc4ccccc4cc32)cc1. The van der Waals surface area contributed by atoms with E-state index in [9.17, 15) is 0 Å². The summed E-state index contributed by atoms with van der Waals surface area (Å²) < 4.78 is 2.47. The number of aromatic nitrogens is 1. The van der Waals surface area contributed by atoms with E-state index in [1.807, 2.05) is 0 Å². The molecular formula is C27H19N. The summed E-state index contributed by atoms with van der Waals surface area (Å²) in [5, 5.41) is 7.82. The molecule has 0 saturated heterocycles. The Labute approximate surface area is 163 Å². The Hall–Kier alpha value is -3.58. The molecule has 0 spiro atoms. The summed E-state index contributed by atoms with van der Waals surface area (Å²) in [6, 6.07) is 37.4. The minimum atomic E-state index is 0.873. The molecule has 5 aromatic carbocycles. The second kappa shape index (κ2) is 5.97. The molecule has 0 aliphatic rings. The van der Waals surface area contributed by atoms with Crippen molar-refractivity contribution >= 4 is 43.4 Å². The number of hydrogen-bond acceptors (Lipinski definition) is 0. The van der Waals surface area contributed by atoms with Crippen LogP contribution in [0.25, 0.3) is 43.4 Å². The second-order valence-electron chi connectivity index (χ2n) is 7.50. The van der Waals surface area contributed by atoms with Gasteiger partial charge in [0.2, 0.25) is 0 Å². The summed E-state index contributed by atoms with van der Waals surface area (Å²) in [5.41, 5.74) is 3.92. The van der Waals surface area contributed by atoms with Gasteiger partial charge in [0, 0.05) is 17.3 Å². The van der Waals surface area contributed by atoms with Crippen molar-refractivity contribution in [1.29, 1.82) is 0 Å². The fourth-order valence-corrected chi connectivity index (χ4v) is 4.40. The molecule has 0 saturated carbocycles. The Balaban J connectivity index is 1.76. The third kappa shape index (κ3) is 2.33. The molecule has 0 fully saturated rings. The maximum atomic E-state index is 2.47. The smallest absolute Gasteiger partial charge is 0.0500 e. The molecule has 0 radical (unpaired) electrons. The lowest BCUT2D eigenvalue weighted by atomic mass is 10.0. The molecule has 28 heavy (non-hydrogen) atoms. The van der Waals surface area contributed by atoms with Gasteiger partial charge < -0.3 is 4.57 Å². The molecular weight excluding hydrogens is 338 g/mol. The van der Waals surface area contributed by atoms with Crippen molar-refractivity contribution in [1.82, 2.24) is 4.57 Å². The van der Waals surface area contributed by atoms with Gasteiger partial charge in [-0.05, 0) is 51.4 Å². The van der Waals surface area contributed by atoms with Crippen LogP contribution in [0.4, 0.5) is 0 Å². The number of hydrogen-bond donors (Lipinski definition) is 0. The lowest BCUT2D eigenvalue weighted by molar-refractivity contribution is 0.870. The number of rotatable bonds is 2. The molecule has 0 N–H and O–H groups in total. The van der Waals surface area contributed by atoms with E-state index >= 15 is 0 Å². The van der Waals surface area contributed by atoms with Crippen LogP contribution in [0.15, 0.2) is 103 Å². The summed E-state index contributed by atoms with van der Waals surface area (Å²) in [5.74, 6) is 0. The standard InChI is InChI=1S/C27H19N/c1-2-8-19(9-3-1)18-28-26-16-22-12-6-4-10-20(22)14-24(26)25-15-21-11-5-7-13-23(21)17-27(25)28/h1-17H,18H2. The maximum absolute atomic E-state index is 2.47. The quantitative estimate of drug-likeness (QED) is 0.310. The first-order chi connectivity index (χ1) is 13.9. The summed E-state index contributed by atoms with van der Waals surface area (Å²) >= 11 is 0. The van der Waals surface area contributed by atoms with Crippen LogP contribution in [0.2, 0.25) is 0 Å². The lowest BCUT2D eigenvalue weighted by Crippen LogP contribution is -1.99. The molecule has 0 unspecified atom stereocenters. The van der Waals surface area contributed by atoms with Crippen LogP contribution < -0.4 is 0 Å². The predicted octanol–water partition coefficient (Wildman–Crippen LogP) is 7.15. The summed E-state index contributed by atoms with van der Waals surface area (Å²) in [4.78, 5) is 0. The van der Waals surface area contributed by atoms with E-state index in [2.05, 4.69) is 108 Å². The number of fused-ring (bicyclic) bond motifs is 5. The van der Waals surface area contributed by atoms with Crippen molar-refractivity contribution in [2.75, 3.05) is 0 Å². The van der Waals surface area contributed by atoms with Crippen molar-refractivity contribution < 1.29 is 0 Å². The van der Waals surface area contributed by atoms with E-state index in [1.165, 1.54) is 48.9 Å². The Morgan fingerprint density at radius 3 is 1.39 bits per heavy atom. The van der Waals surface area contributed by atoms with Crippen LogP contribution in [0, 0.1) is 0 Å². The van der Waals surface area contributed by atoms with Crippen LogP contribution in [-0.2, 0) is 6.54 Å². The van der Waals surface area contributed by atoms with Crippen molar-refractivity contribution in [3.05, 3.63) is 109 Å². The molecule has 0 aliphatic carbocycles. The van der Waals surface area contributed by atoms with E-state index in [-0.39, 0.29) is 0 Å². The molecule has 6 rings (SSSR count). The van der Waals surface area contributed by atoms with E-state index < -0.39 is 0 Å². The highest BCUT2D eigenvalue weighted by Crippen LogP contribution is 2.35. The zero-order valence-electron chi connectivity index (χ0n) is 15.5. The van der Waals surface area contributed by atoms with Gasteiger partial charge in [-0.2, -0.15) is 0 Å². The highest BCUT2D eigenvalue weighted by atomic mass is 15.0. The zero-order chi connectivity index (χ0) is 18.5. The van der Waals surface area contributed by atoms with Gasteiger partial charge in [0.25, 0.3) is 0 Å². The molecule has 0 atom stereocenters. The van der Waals surface area contributed by atoms with Crippen LogP contribution in [-0.4, -0.2) is 4.57 Å². The van der Waals surface area contributed by atoms with E-state index in [4.69, 9.17) is 0 Å². The first kappa shape index (κ1) is 15.5. The molecule has 0 amide bonds. The summed E-state index contributed by atoms with van der Waals surface area (Å²) in [6.07, 6.45) is 0. The van der Waals surface area contributed by atoms with E-state index in [0.29, 0.717) is 0 Å². The highest BCUT2D eigenvalue weighted by Gasteiger charge is 2.13. The minimum absolute atomic E-state index is 0.873. The fraction of sp³-hybridized carbons (Fsp3) is 0.0370. The second-order valence-corrected chi connectivity index (χ2v) is 7.50. The van der Waals surface area contributed by atoms with Gasteiger partial charge in [-0.1, -0.05) is 78.9 Å². The first-order valence-corrected chi connectivity index (χ1v) is 9.74. The average molecular weight is 357 g/mol. The number of nitrogens with zero attached hydrogens (tertiary/aromatic N) is 1. The molecule has 1 heteroatoms. The van der Waals surface area contributed by atoms with Gasteiger partial charge in [0.1, 0.15) is 0 Å². The van der Waals surface area contributed by atoms with Crippen molar-refractivity contribution in [2.45, 2.75) is 6.54 Å². The van der Waals surface area contributed by atoms with Gasteiger partial charge in [0.15, 0.2) is 0 Å². The predicted molar refractivity (Wildman–Crippen MR) is 120 cm³/mol. The molecule has 0 aliphatic heterocycles. The maximum Gasteiger partial charge on any atom is 0.0500 e. The van der Waals surface area contributed by atoms with Gasteiger partial charge in [-0.25, -0.2) is 0 Å². The monoisotopic (exact) mass is 357 g/mol. The Kier molecular flexibility index (Phi) is 3.30. The first-order valence-electron chi connectivity index (χ1n) is 9.74. The Bertz CT molecular complexity index is 1380. The van der Waals surface area contributed by atoms with Crippen molar-refractivity contribution in [3.8, 4) is 0 Å². The Morgan fingerprint density at radius 2 is 0.893 bits per heavy atom. The molecule has 132 valence electrons. The third-order valence-electron chi connectivity index (χ3n) is 5.78. The molecule has 1 nitrogen and oxygen atoms in total. The number of benzene rings is 5. The molecule has 1 heterocycles. The zero-order valence-corrected chi connectivity index (χ0v) is 15.5. The largest absolute Gasteiger partial charge is 0.336 e. The van der Waals surface area contributed by atoms with Crippen LogP contribution in [0.5, 0.6) is 0 Å². The van der Waals surface area contributed by atoms with Gasteiger partial charge in [-0.15, -0.1) is 0 Å². The molecule has 6 aromatic rings. The van der Waals surface area contributed by atoms with Crippen LogP contribution in [0.3, 0.4) is 0 Å². The van der Waals surface area contributed by atoms with E-state index in [1.54, 1.807) is 0 Å². The van der Waals surface area contributed by atoms with Crippen molar-refractivity contribution in [2.24, 2.45) is 0 Å². The van der Waals surface area contributed by atoms with E-state index in [0.717, 1.165) is 6.54 Å². The summed E-state index contributed by atoms with van der Waals surface area (Å²) in [7, 11) is 0. The average Bonchev–Trinajstić information content (AvgIpc) is 3.03. The normalized spacial score (nSPS) is 11.7. The van der Waals surface area contributed by atoms with Gasteiger partial charge in [-0.3, -0.25) is 0 Å². The molecule has 0 bridgehead atoms. The summed E-state index contributed by atoms with van der Waals surface area (Å²) in [6.45, 7) is 0.873. The highest BCUT2D eigenvalue weighted by molar-refractivity contribution is 6.15.